The number of hydrogen-bond acceptors (Lipinski definition) is 6. The molecule has 0 saturated carbocycles. The number of amides is 3. The van der Waals surface area contributed by atoms with Crippen molar-refractivity contribution in [2.75, 3.05) is 32.2 Å². The van der Waals surface area contributed by atoms with Crippen LogP contribution in [0.4, 0.5) is 4.79 Å². The predicted octanol–water partition coefficient (Wildman–Crippen LogP) is 2.21. The van der Waals surface area contributed by atoms with Gasteiger partial charge in [-0.15, -0.1) is 0 Å². The lowest BCUT2D eigenvalue weighted by atomic mass is 10.2. The highest BCUT2D eigenvalue weighted by atomic mass is 32.2. The average molecular weight is 366 g/mol. The maximum absolute atomic E-state index is 12.3. The van der Waals surface area contributed by atoms with Crippen LogP contribution in [0.3, 0.4) is 0 Å². The largest absolute Gasteiger partial charge is 0.497 e. The first-order valence-electron chi connectivity index (χ1n) is 7.20. The van der Waals surface area contributed by atoms with Crippen LogP contribution in [-0.2, 0) is 9.59 Å². The van der Waals surface area contributed by atoms with Crippen molar-refractivity contribution in [1.29, 1.82) is 0 Å². The van der Waals surface area contributed by atoms with Crippen LogP contribution in [0.25, 0.3) is 6.08 Å². The fraction of sp³-hybridized carbons (Fsp3) is 0.312. The van der Waals surface area contributed by atoms with E-state index in [-0.39, 0.29) is 30.1 Å². The molecule has 128 valence electrons. The van der Waals surface area contributed by atoms with Gasteiger partial charge in [-0.05, 0) is 41.8 Å². The van der Waals surface area contributed by atoms with E-state index in [0.717, 1.165) is 28.0 Å². The number of nitrogens with one attached hydrogen (secondary N) is 1. The molecule has 3 amide bonds. The molecule has 1 aromatic rings. The minimum absolute atomic E-state index is 0.108. The van der Waals surface area contributed by atoms with Crippen LogP contribution in [0.5, 0.6) is 5.75 Å². The molecule has 1 saturated heterocycles. The summed E-state index contributed by atoms with van der Waals surface area (Å²) in [6.07, 6.45) is 3.51. The number of ether oxygens (including phenoxy) is 1. The zero-order valence-electron chi connectivity index (χ0n) is 13.4. The Kier molecular flexibility index (Phi) is 6.74. The molecule has 0 bridgehead atoms. The third-order valence-corrected chi connectivity index (χ3v) is 4.68. The monoisotopic (exact) mass is 366 g/mol. The quantitative estimate of drug-likeness (QED) is 0.746. The van der Waals surface area contributed by atoms with Crippen molar-refractivity contribution in [3.8, 4) is 5.75 Å². The number of imide groups is 1. The molecule has 0 aromatic heterocycles. The average Bonchev–Trinajstić information content (AvgIpc) is 2.83. The van der Waals surface area contributed by atoms with Crippen molar-refractivity contribution in [3.63, 3.8) is 0 Å². The fourth-order valence-corrected chi connectivity index (χ4v) is 3.26. The van der Waals surface area contributed by atoms with E-state index in [4.69, 9.17) is 4.74 Å². The number of hydrogen-bond donors (Lipinski definition) is 1. The van der Waals surface area contributed by atoms with E-state index in [9.17, 15) is 14.4 Å². The third kappa shape index (κ3) is 4.78. The van der Waals surface area contributed by atoms with Crippen molar-refractivity contribution in [2.24, 2.45) is 0 Å². The predicted molar refractivity (Wildman–Crippen MR) is 97.1 cm³/mol. The first-order valence-corrected chi connectivity index (χ1v) is 9.41. The van der Waals surface area contributed by atoms with Crippen LogP contribution < -0.4 is 10.1 Å². The van der Waals surface area contributed by atoms with E-state index in [1.54, 1.807) is 25.3 Å². The van der Waals surface area contributed by atoms with E-state index in [0.29, 0.717) is 10.7 Å². The molecule has 1 aromatic carbocycles. The van der Waals surface area contributed by atoms with Crippen molar-refractivity contribution in [1.82, 2.24) is 10.2 Å². The number of benzene rings is 1. The lowest BCUT2D eigenvalue weighted by Gasteiger charge is -2.12. The molecule has 0 spiro atoms. The maximum atomic E-state index is 12.3. The minimum Gasteiger partial charge on any atom is -0.497 e. The molecular weight excluding hydrogens is 348 g/mol. The number of thioether (sulfide) groups is 2. The van der Waals surface area contributed by atoms with Crippen LogP contribution in [0.2, 0.25) is 0 Å². The molecule has 24 heavy (non-hydrogen) atoms. The molecule has 0 radical (unpaired) electrons. The Bertz CT molecular complexity index is 659. The standard InChI is InChI=1S/C16H18N2O4S2/c1-22-12-5-3-11(4-6-12)9-13-15(20)18(16(21)24-13)8-7-17-14(19)10-23-2/h3-6,9H,7-8,10H2,1-2H3,(H,17,19)/b13-9-. The fourth-order valence-electron chi connectivity index (χ4n) is 2.03. The molecule has 8 heteroatoms. The molecule has 6 nitrogen and oxygen atoms in total. The van der Waals surface area contributed by atoms with E-state index in [1.807, 2.05) is 18.4 Å². The number of carbonyl (C=O) groups excluding carboxylic acids is 3. The van der Waals surface area contributed by atoms with Gasteiger partial charge in [0, 0.05) is 13.1 Å². The summed E-state index contributed by atoms with van der Waals surface area (Å²) in [5, 5.41) is 2.36. The highest BCUT2D eigenvalue weighted by molar-refractivity contribution is 8.18. The summed E-state index contributed by atoms with van der Waals surface area (Å²) in [5.41, 5.74) is 0.814. The molecule has 2 rings (SSSR count). The van der Waals surface area contributed by atoms with Gasteiger partial charge in [-0.2, -0.15) is 11.8 Å². The van der Waals surface area contributed by atoms with Gasteiger partial charge in [0.1, 0.15) is 5.75 Å². The number of carbonyl (C=O) groups is 3. The van der Waals surface area contributed by atoms with Gasteiger partial charge in [0.05, 0.1) is 17.8 Å². The second-order valence-electron chi connectivity index (χ2n) is 4.89. The second kappa shape index (κ2) is 8.79. The topological polar surface area (TPSA) is 75.7 Å². The number of nitrogens with zero attached hydrogens (tertiary/aromatic N) is 1. The summed E-state index contributed by atoms with van der Waals surface area (Å²) in [5.74, 6) is 0.642. The molecule has 0 atom stereocenters. The van der Waals surface area contributed by atoms with Gasteiger partial charge >= 0.3 is 0 Å². The van der Waals surface area contributed by atoms with Crippen LogP contribution in [0, 0.1) is 0 Å². The van der Waals surface area contributed by atoms with Gasteiger partial charge in [0.25, 0.3) is 11.1 Å². The smallest absolute Gasteiger partial charge is 0.293 e. The SMILES string of the molecule is COc1ccc(/C=C2\SC(=O)N(CCNC(=O)CSC)C2=O)cc1. The first-order chi connectivity index (χ1) is 11.5. The highest BCUT2D eigenvalue weighted by Gasteiger charge is 2.34. The molecular formula is C16H18N2O4S2. The van der Waals surface area contributed by atoms with Gasteiger partial charge < -0.3 is 10.1 Å². The first kappa shape index (κ1) is 18.4. The van der Waals surface area contributed by atoms with Crippen LogP contribution in [0.1, 0.15) is 5.56 Å². The zero-order chi connectivity index (χ0) is 17.5. The van der Waals surface area contributed by atoms with Gasteiger partial charge in [-0.25, -0.2) is 0 Å². The van der Waals surface area contributed by atoms with Crippen molar-refractivity contribution < 1.29 is 19.1 Å². The lowest BCUT2D eigenvalue weighted by Crippen LogP contribution is -2.37. The summed E-state index contributed by atoms with van der Waals surface area (Å²) in [7, 11) is 1.58. The van der Waals surface area contributed by atoms with E-state index < -0.39 is 0 Å². The Morgan fingerprint density at radius 3 is 2.67 bits per heavy atom. The normalized spacial score (nSPS) is 15.9. The van der Waals surface area contributed by atoms with Gasteiger partial charge in [-0.1, -0.05) is 12.1 Å². The Labute approximate surface area is 149 Å². The minimum atomic E-state index is -0.333. The molecule has 0 unspecified atom stereocenters. The maximum Gasteiger partial charge on any atom is 0.293 e. The second-order valence-corrected chi connectivity index (χ2v) is 6.75. The molecule has 1 heterocycles. The van der Waals surface area contributed by atoms with Crippen molar-refractivity contribution in [2.45, 2.75) is 0 Å². The number of rotatable bonds is 7. The van der Waals surface area contributed by atoms with Crippen molar-refractivity contribution in [3.05, 3.63) is 34.7 Å². The van der Waals surface area contributed by atoms with Crippen LogP contribution in [0.15, 0.2) is 29.2 Å². The Hall–Kier alpha value is -1.93. The molecule has 1 aliphatic heterocycles. The van der Waals surface area contributed by atoms with Gasteiger partial charge in [-0.3, -0.25) is 19.3 Å². The van der Waals surface area contributed by atoms with Crippen LogP contribution >= 0.6 is 23.5 Å². The van der Waals surface area contributed by atoms with Gasteiger partial charge in [0.15, 0.2) is 0 Å². The molecule has 0 aliphatic carbocycles. The van der Waals surface area contributed by atoms with E-state index in [2.05, 4.69) is 5.32 Å². The summed E-state index contributed by atoms with van der Waals surface area (Å²) in [4.78, 5) is 37.2. The Morgan fingerprint density at radius 2 is 2.04 bits per heavy atom. The summed E-state index contributed by atoms with van der Waals surface area (Å²) >= 11 is 2.32. The van der Waals surface area contributed by atoms with Crippen LogP contribution in [-0.4, -0.2) is 54.2 Å². The third-order valence-electron chi connectivity index (χ3n) is 3.22. The Morgan fingerprint density at radius 1 is 1.33 bits per heavy atom. The number of methoxy groups -OCH3 is 1. The highest BCUT2D eigenvalue weighted by Crippen LogP contribution is 2.32. The summed E-state index contributed by atoms with van der Waals surface area (Å²) in [6.45, 7) is 0.429. The Balaban J connectivity index is 1.97. The van der Waals surface area contributed by atoms with Crippen molar-refractivity contribution >= 4 is 46.7 Å². The molecule has 1 aliphatic rings. The van der Waals surface area contributed by atoms with Gasteiger partial charge in [0.2, 0.25) is 5.91 Å². The summed E-state index contributed by atoms with van der Waals surface area (Å²) < 4.78 is 5.08. The molecule has 1 N–H and O–H groups in total. The summed E-state index contributed by atoms with van der Waals surface area (Å²) in [6, 6.07) is 7.21. The van der Waals surface area contributed by atoms with E-state index >= 15 is 0 Å². The lowest BCUT2D eigenvalue weighted by molar-refractivity contribution is -0.123. The molecule has 1 fully saturated rings. The zero-order valence-corrected chi connectivity index (χ0v) is 15.0. The van der Waals surface area contributed by atoms with E-state index in [1.165, 1.54) is 11.8 Å².